The van der Waals surface area contributed by atoms with Crippen molar-refractivity contribution in [3.8, 4) is 0 Å². The molecule has 1 aromatic carbocycles. The van der Waals surface area contributed by atoms with E-state index in [0.717, 1.165) is 45.3 Å². The Labute approximate surface area is 150 Å². The summed E-state index contributed by atoms with van der Waals surface area (Å²) in [4.78, 5) is 0. The standard InChI is InChI=1S/C19H28N2O3S/c1-25(22,23)21-10-8-19(9-11-21)14-18(16-4-2-3-5-17(16)19)20-15-6-12-24-13-7-15/h2-5,15,18,20H,6-14H2,1H3/t18-/m0/s1. The number of hydrogen-bond acceptors (Lipinski definition) is 4. The third kappa shape index (κ3) is 3.37. The highest BCUT2D eigenvalue weighted by Gasteiger charge is 2.46. The molecule has 0 saturated carbocycles. The molecule has 2 saturated heterocycles. The SMILES string of the molecule is CS(=O)(=O)N1CCC2(CC1)C[C@H](NC1CCOCC1)c1ccccc12. The zero-order chi connectivity index (χ0) is 17.5. The van der Waals surface area contributed by atoms with E-state index in [-0.39, 0.29) is 5.41 Å². The van der Waals surface area contributed by atoms with Crippen LogP contribution in [0.4, 0.5) is 0 Å². The van der Waals surface area contributed by atoms with Crippen molar-refractivity contribution in [3.63, 3.8) is 0 Å². The number of ether oxygens (including phenoxy) is 1. The number of piperidine rings is 1. The van der Waals surface area contributed by atoms with E-state index in [9.17, 15) is 8.42 Å². The zero-order valence-electron chi connectivity index (χ0n) is 14.9. The summed E-state index contributed by atoms with van der Waals surface area (Å²) in [6.07, 6.45) is 6.40. The van der Waals surface area contributed by atoms with Gasteiger partial charge in [-0.3, -0.25) is 0 Å². The molecule has 2 aliphatic heterocycles. The zero-order valence-corrected chi connectivity index (χ0v) is 15.7. The normalized spacial score (nSPS) is 27.5. The van der Waals surface area contributed by atoms with Crippen LogP contribution < -0.4 is 5.32 Å². The lowest BCUT2D eigenvalue weighted by Gasteiger charge is -2.39. The Bertz CT molecular complexity index is 720. The summed E-state index contributed by atoms with van der Waals surface area (Å²) < 4.78 is 30.9. The molecule has 0 bridgehead atoms. The summed E-state index contributed by atoms with van der Waals surface area (Å²) in [6.45, 7) is 2.97. The molecule has 0 unspecified atom stereocenters. The van der Waals surface area contributed by atoms with E-state index < -0.39 is 10.0 Å². The van der Waals surface area contributed by atoms with Crippen molar-refractivity contribution in [2.24, 2.45) is 0 Å². The molecule has 4 rings (SSSR count). The first kappa shape index (κ1) is 17.5. The molecule has 1 aromatic rings. The molecule has 0 aromatic heterocycles. The fourth-order valence-corrected chi connectivity index (χ4v) is 5.76. The van der Waals surface area contributed by atoms with Crippen LogP contribution in [0, 0.1) is 0 Å². The van der Waals surface area contributed by atoms with Gasteiger partial charge >= 0.3 is 0 Å². The first-order valence-corrected chi connectivity index (χ1v) is 11.2. The molecule has 1 aliphatic carbocycles. The van der Waals surface area contributed by atoms with Gasteiger partial charge in [0, 0.05) is 38.4 Å². The van der Waals surface area contributed by atoms with Gasteiger partial charge in [0.25, 0.3) is 0 Å². The van der Waals surface area contributed by atoms with Crippen molar-refractivity contribution in [2.75, 3.05) is 32.6 Å². The maximum atomic E-state index is 11.9. The molecule has 3 aliphatic rings. The molecule has 1 N–H and O–H groups in total. The second-order valence-corrected chi connectivity index (χ2v) is 9.82. The summed E-state index contributed by atoms with van der Waals surface area (Å²) in [5.74, 6) is 0. The summed E-state index contributed by atoms with van der Waals surface area (Å²) in [6, 6.07) is 9.67. The van der Waals surface area contributed by atoms with Gasteiger partial charge in [-0.15, -0.1) is 0 Å². The molecular formula is C19H28N2O3S. The van der Waals surface area contributed by atoms with Crippen LogP contribution in [0.3, 0.4) is 0 Å². The van der Waals surface area contributed by atoms with E-state index >= 15 is 0 Å². The quantitative estimate of drug-likeness (QED) is 0.893. The highest BCUT2D eigenvalue weighted by Crippen LogP contribution is 2.51. The van der Waals surface area contributed by atoms with Crippen LogP contribution >= 0.6 is 0 Å². The molecule has 5 nitrogen and oxygen atoms in total. The predicted molar refractivity (Wildman–Crippen MR) is 98.1 cm³/mol. The summed E-state index contributed by atoms with van der Waals surface area (Å²) in [7, 11) is -3.08. The second-order valence-electron chi connectivity index (χ2n) is 7.84. The molecule has 25 heavy (non-hydrogen) atoms. The van der Waals surface area contributed by atoms with E-state index in [1.807, 2.05) is 0 Å². The van der Waals surface area contributed by atoms with Gasteiger partial charge in [-0.1, -0.05) is 24.3 Å². The highest BCUT2D eigenvalue weighted by molar-refractivity contribution is 7.88. The topological polar surface area (TPSA) is 58.6 Å². The number of benzene rings is 1. The number of nitrogens with one attached hydrogen (secondary N) is 1. The Kier molecular flexibility index (Phi) is 4.65. The third-order valence-corrected chi connectivity index (χ3v) is 7.61. The Morgan fingerprint density at radius 1 is 1.16 bits per heavy atom. The number of rotatable bonds is 3. The Morgan fingerprint density at radius 2 is 1.84 bits per heavy atom. The lowest BCUT2D eigenvalue weighted by atomic mass is 9.74. The van der Waals surface area contributed by atoms with Crippen LogP contribution in [0.1, 0.15) is 49.3 Å². The predicted octanol–water partition coefficient (Wildman–Crippen LogP) is 2.19. The van der Waals surface area contributed by atoms with Crippen LogP contribution in [0.5, 0.6) is 0 Å². The second kappa shape index (κ2) is 6.65. The average Bonchev–Trinajstić information content (AvgIpc) is 2.89. The summed E-state index contributed by atoms with van der Waals surface area (Å²) >= 11 is 0. The Balaban J connectivity index is 1.54. The van der Waals surface area contributed by atoms with Crippen molar-refractivity contribution in [1.82, 2.24) is 9.62 Å². The van der Waals surface area contributed by atoms with Crippen LogP contribution in [-0.4, -0.2) is 51.3 Å². The first-order chi connectivity index (χ1) is 12.0. The summed E-state index contributed by atoms with van der Waals surface area (Å²) in [5.41, 5.74) is 2.98. The first-order valence-electron chi connectivity index (χ1n) is 9.36. The molecule has 6 heteroatoms. The number of hydrogen-bond donors (Lipinski definition) is 1. The smallest absolute Gasteiger partial charge is 0.211 e. The van der Waals surface area contributed by atoms with Crippen molar-refractivity contribution in [2.45, 2.75) is 49.6 Å². The fraction of sp³-hybridized carbons (Fsp3) is 0.684. The molecule has 0 radical (unpaired) electrons. The number of fused-ring (bicyclic) bond motifs is 2. The third-order valence-electron chi connectivity index (χ3n) is 6.31. The van der Waals surface area contributed by atoms with Crippen LogP contribution in [-0.2, 0) is 20.2 Å². The largest absolute Gasteiger partial charge is 0.381 e. The minimum atomic E-state index is -3.08. The van der Waals surface area contributed by atoms with E-state index in [2.05, 4.69) is 29.6 Å². The average molecular weight is 365 g/mol. The molecular weight excluding hydrogens is 336 g/mol. The molecule has 138 valence electrons. The lowest BCUT2D eigenvalue weighted by Crippen LogP contribution is -2.44. The molecule has 2 heterocycles. The van der Waals surface area contributed by atoms with Gasteiger partial charge in [-0.2, -0.15) is 0 Å². The van der Waals surface area contributed by atoms with Crippen molar-refractivity contribution >= 4 is 10.0 Å². The number of nitrogens with zero attached hydrogens (tertiary/aromatic N) is 1. The van der Waals surface area contributed by atoms with Crippen LogP contribution in [0.25, 0.3) is 0 Å². The number of sulfonamides is 1. The molecule has 2 fully saturated rings. The molecule has 1 spiro atoms. The van der Waals surface area contributed by atoms with Gasteiger partial charge in [0.2, 0.25) is 10.0 Å². The van der Waals surface area contributed by atoms with Crippen LogP contribution in [0.2, 0.25) is 0 Å². The van der Waals surface area contributed by atoms with Gasteiger partial charge < -0.3 is 10.1 Å². The summed E-state index contributed by atoms with van der Waals surface area (Å²) in [5, 5.41) is 3.88. The maximum absolute atomic E-state index is 11.9. The van der Waals surface area contributed by atoms with E-state index in [0.29, 0.717) is 25.2 Å². The minimum Gasteiger partial charge on any atom is -0.381 e. The monoisotopic (exact) mass is 364 g/mol. The molecule has 0 amide bonds. The van der Waals surface area contributed by atoms with Gasteiger partial charge in [-0.25, -0.2) is 12.7 Å². The Hall–Kier alpha value is -0.950. The van der Waals surface area contributed by atoms with Crippen LogP contribution in [0.15, 0.2) is 24.3 Å². The van der Waals surface area contributed by atoms with Gasteiger partial charge in [0.05, 0.1) is 6.26 Å². The van der Waals surface area contributed by atoms with Crippen molar-refractivity contribution < 1.29 is 13.2 Å². The molecule has 1 atom stereocenters. The van der Waals surface area contributed by atoms with Gasteiger partial charge in [-0.05, 0) is 48.6 Å². The van der Waals surface area contributed by atoms with Gasteiger partial charge in [0.1, 0.15) is 0 Å². The van der Waals surface area contributed by atoms with Crippen molar-refractivity contribution in [3.05, 3.63) is 35.4 Å². The lowest BCUT2D eigenvalue weighted by molar-refractivity contribution is 0.0737. The fourth-order valence-electron chi connectivity index (χ4n) is 4.91. The van der Waals surface area contributed by atoms with E-state index in [1.54, 1.807) is 4.31 Å². The Morgan fingerprint density at radius 3 is 2.52 bits per heavy atom. The highest BCUT2D eigenvalue weighted by atomic mass is 32.2. The maximum Gasteiger partial charge on any atom is 0.211 e. The minimum absolute atomic E-state index is 0.126. The van der Waals surface area contributed by atoms with E-state index in [4.69, 9.17) is 4.74 Å². The van der Waals surface area contributed by atoms with Gasteiger partial charge in [0.15, 0.2) is 0 Å². The van der Waals surface area contributed by atoms with Crippen molar-refractivity contribution in [1.29, 1.82) is 0 Å². The van der Waals surface area contributed by atoms with E-state index in [1.165, 1.54) is 17.4 Å².